The minimum absolute atomic E-state index is 0.0163. The van der Waals surface area contributed by atoms with E-state index in [1.54, 1.807) is 6.07 Å². The molecule has 2 aromatic rings. The first-order chi connectivity index (χ1) is 12.8. The monoisotopic (exact) mass is 380 g/mol. The van der Waals surface area contributed by atoms with Gasteiger partial charge in [0.15, 0.2) is 0 Å². The summed E-state index contributed by atoms with van der Waals surface area (Å²) in [6.07, 6.45) is -3.29. The molecule has 0 aliphatic carbocycles. The number of halogens is 3. The Bertz CT molecular complexity index is 840. The van der Waals surface area contributed by atoms with Crippen molar-refractivity contribution in [1.29, 1.82) is 0 Å². The Morgan fingerprint density at radius 1 is 1.26 bits per heavy atom. The van der Waals surface area contributed by atoms with Gasteiger partial charge in [0.1, 0.15) is 17.9 Å². The van der Waals surface area contributed by atoms with Gasteiger partial charge < -0.3 is 10.1 Å². The van der Waals surface area contributed by atoms with Crippen LogP contribution in [0.1, 0.15) is 12.1 Å². The van der Waals surface area contributed by atoms with Crippen molar-refractivity contribution in [2.75, 3.05) is 6.54 Å². The largest absolute Gasteiger partial charge is 0.573 e. The van der Waals surface area contributed by atoms with Crippen LogP contribution in [-0.4, -0.2) is 40.6 Å². The molecule has 1 atom stereocenters. The predicted molar refractivity (Wildman–Crippen MR) is 87.4 cm³/mol. The second kappa shape index (κ2) is 7.70. The Morgan fingerprint density at radius 3 is 2.63 bits per heavy atom. The molecular weight excluding hydrogens is 365 g/mol. The number of ketones is 1. The molecule has 0 bridgehead atoms. The highest BCUT2D eigenvalue weighted by molar-refractivity contribution is 5.93. The molecule has 1 aromatic carbocycles. The van der Waals surface area contributed by atoms with Gasteiger partial charge in [-0.3, -0.25) is 14.9 Å². The highest BCUT2D eigenvalue weighted by Crippen LogP contribution is 2.25. The van der Waals surface area contributed by atoms with Gasteiger partial charge in [0.25, 0.3) is 0 Å². The predicted octanol–water partition coefficient (Wildman–Crippen LogP) is 1.59. The number of carbonyl (C=O) groups is 2. The summed E-state index contributed by atoms with van der Waals surface area (Å²) in [5.74, 6) is -0.640. The molecule has 1 unspecified atom stereocenters. The number of alkyl halides is 3. The fraction of sp³-hybridized carbons (Fsp3) is 0.294. The molecule has 3 rings (SSSR count). The lowest BCUT2D eigenvalue weighted by Gasteiger charge is -2.11. The first-order valence-electron chi connectivity index (χ1n) is 8.00. The van der Waals surface area contributed by atoms with Crippen LogP contribution >= 0.6 is 0 Å². The Labute approximate surface area is 152 Å². The number of nitrogens with zero attached hydrogens (tertiary/aromatic N) is 2. The number of ether oxygens (including phenoxy) is 1. The number of benzene rings is 1. The summed E-state index contributed by atoms with van der Waals surface area (Å²) in [6, 6.07) is 6.34. The number of hydrogen-bond acceptors (Lipinski definition) is 6. The number of amides is 1. The summed E-state index contributed by atoms with van der Waals surface area (Å²) in [7, 11) is 0. The van der Waals surface area contributed by atoms with Crippen molar-refractivity contribution in [3.8, 4) is 17.0 Å². The number of aromatic nitrogens is 2. The fourth-order valence-electron chi connectivity index (χ4n) is 2.57. The van der Waals surface area contributed by atoms with E-state index in [2.05, 4.69) is 25.3 Å². The topological polar surface area (TPSA) is 93.2 Å². The third kappa shape index (κ3) is 5.23. The van der Waals surface area contributed by atoms with Crippen LogP contribution in [0.15, 0.2) is 36.7 Å². The van der Waals surface area contributed by atoms with Crippen molar-refractivity contribution < 1.29 is 27.5 Å². The van der Waals surface area contributed by atoms with Crippen molar-refractivity contribution in [3.63, 3.8) is 0 Å². The Morgan fingerprint density at radius 2 is 2.00 bits per heavy atom. The Hall–Kier alpha value is -3.01. The second-order valence-electron chi connectivity index (χ2n) is 5.86. The molecule has 10 heteroatoms. The van der Waals surface area contributed by atoms with Gasteiger partial charge in [0.05, 0.1) is 30.5 Å². The van der Waals surface area contributed by atoms with Crippen molar-refractivity contribution in [3.05, 3.63) is 42.4 Å². The quantitative estimate of drug-likeness (QED) is 0.818. The molecule has 1 saturated heterocycles. The van der Waals surface area contributed by atoms with Crippen LogP contribution in [0.4, 0.5) is 13.2 Å². The molecule has 1 amide bonds. The zero-order valence-corrected chi connectivity index (χ0v) is 13.9. The summed E-state index contributed by atoms with van der Waals surface area (Å²) in [6.45, 7) is 0.319. The van der Waals surface area contributed by atoms with Crippen LogP contribution in [-0.2, 0) is 16.1 Å². The molecule has 1 fully saturated rings. The molecule has 1 aliphatic heterocycles. The van der Waals surface area contributed by atoms with E-state index < -0.39 is 12.4 Å². The zero-order chi connectivity index (χ0) is 19.4. The SMILES string of the molecule is O=C1CNC(C(=O)NCc2cc(-c3ccc(OC(F)(F)F)cc3)ncn2)C1. The maximum atomic E-state index is 12.2. The molecule has 2 N–H and O–H groups in total. The molecular formula is C17H15F3N4O3. The average Bonchev–Trinajstić information content (AvgIpc) is 3.06. The highest BCUT2D eigenvalue weighted by atomic mass is 19.4. The van der Waals surface area contributed by atoms with Gasteiger partial charge in [-0.1, -0.05) is 0 Å². The first-order valence-corrected chi connectivity index (χ1v) is 8.00. The highest BCUT2D eigenvalue weighted by Gasteiger charge is 2.31. The van der Waals surface area contributed by atoms with Gasteiger partial charge in [-0.15, -0.1) is 13.2 Å². The van der Waals surface area contributed by atoms with E-state index in [4.69, 9.17) is 0 Å². The van der Waals surface area contributed by atoms with Crippen LogP contribution < -0.4 is 15.4 Å². The molecule has 1 aliphatic rings. The van der Waals surface area contributed by atoms with E-state index >= 15 is 0 Å². The van der Waals surface area contributed by atoms with E-state index in [-0.39, 0.29) is 37.0 Å². The Kier molecular flexibility index (Phi) is 5.36. The van der Waals surface area contributed by atoms with Gasteiger partial charge in [-0.05, 0) is 30.3 Å². The lowest BCUT2D eigenvalue weighted by atomic mass is 10.1. The lowest BCUT2D eigenvalue weighted by molar-refractivity contribution is -0.274. The molecule has 0 saturated carbocycles. The normalized spacial score (nSPS) is 17.0. The maximum absolute atomic E-state index is 12.2. The van der Waals surface area contributed by atoms with Gasteiger partial charge in [-0.2, -0.15) is 0 Å². The van der Waals surface area contributed by atoms with Crippen LogP contribution in [0, 0.1) is 0 Å². The number of Topliss-reactive ketones (excluding diaryl/α,β-unsaturated/α-hetero) is 1. The van der Waals surface area contributed by atoms with Gasteiger partial charge in [0, 0.05) is 12.0 Å². The average molecular weight is 380 g/mol. The summed E-state index contributed by atoms with van der Waals surface area (Å²) < 4.78 is 40.4. The molecule has 2 heterocycles. The fourth-order valence-corrected chi connectivity index (χ4v) is 2.57. The van der Waals surface area contributed by atoms with Crippen molar-refractivity contribution >= 4 is 11.7 Å². The number of nitrogens with one attached hydrogen (secondary N) is 2. The summed E-state index contributed by atoms with van der Waals surface area (Å²) in [4.78, 5) is 31.3. The molecule has 1 aromatic heterocycles. The van der Waals surface area contributed by atoms with Gasteiger partial charge >= 0.3 is 6.36 Å². The van der Waals surface area contributed by atoms with E-state index in [9.17, 15) is 22.8 Å². The van der Waals surface area contributed by atoms with E-state index in [1.165, 1.54) is 30.6 Å². The van der Waals surface area contributed by atoms with Crippen molar-refractivity contribution in [2.45, 2.75) is 25.4 Å². The van der Waals surface area contributed by atoms with Crippen LogP contribution in [0.5, 0.6) is 5.75 Å². The standard InChI is InChI=1S/C17H15F3N4O3/c18-17(19,20)27-13-3-1-10(2-4-13)14-5-11(23-9-24-14)7-22-16(26)15-6-12(25)8-21-15/h1-5,9,15,21H,6-8H2,(H,22,26). The number of rotatable bonds is 5. The van der Waals surface area contributed by atoms with Gasteiger partial charge in [0.2, 0.25) is 5.91 Å². The molecule has 0 spiro atoms. The number of hydrogen-bond donors (Lipinski definition) is 2. The zero-order valence-electron chi connectivity index (χ0n) is 13.9. The lowest BCUT2D eigenvalue weighted by Crippen LogP contribution is -2.40. The third-order valence-electron chi connectivity index (χ3n) is 3.85. The molecule has 142 valence electrons. The molecule has 27 heavy (non-hydrogen) atoms. The van der Waals surface area contributed by atoms with Gasteiger partial charge in [-0.25, -0.2) is 9.97 Å². The molecule has 0 radical (unpaired) electrons. The van der Waals surface area contributed by atoms with Crippen LogP contribution in [0.3, 0.4) is 0 Å². The van der Waals surface area contributed by atoms with Crippen LogP contribution in [0.25, 0.3) is 11.3 Å². The van der Waals surface area contributed by atoms with Crippen molar-refractivity contribution in [1.82, 2.24) is 20.6 Å². The first kappa shape index (κ1) is 18.8. The van der Waals surface area contributed by atoms with E-state index in [0.717, 1.165) is 0 Å². The Balaban J connectivity index is 1.63. The molecule has 7 nitrogen and oxygen atoms in total. The van der Waals surface area contributed by atoms with Crippen LogP contribution in [0.2, 0.25) is 0 Å². The third-order valence-corrected chi connectivity index (χ3v) is 3.85. The van der Waals surface area contributed by atoms with E-state index in [0.29, 0.717) is 17.0 Å². The minimum atomic E-state index is -4.75. The van der Waals surface area contributed by atoms with E-state index in [1.807, 2.05) is 0 Å². The van der Waals surface area contributed by atoms with Crippen molar-refractivity contribution in [2.24, 2.45) is 0 Å². The minimum Gasteiger partial charge on any atom is -0.406 e. The number of carbonyl (C=O) groups excluding carboxylic acids is 2. The summed E-state index contributed by atoms with van der Waals surface area (Å²) in [5.41, 5.74) is 1.58. The smallest absolute Gasteiger partial charge is 0.406 e. The summed E-state index contributed by atoms with van der Waals surface area (Å²) >= 11 is 0. The maximum Gasteiger partial charge on any atom is 0.573 e. The second-order valence-corrected chi connectivity index (χ2v) is 5.86. The summed E-state index contributed by atoms with van der Waals surface area (Å²) in [5, 5.41) is 5.50.